The minimum Gasteiger partial charge on any atom is -0.498 e. The van der Waals surface area contributed by atoms with Crippen molar-refractivity contribution in [2.75, 3.05) is 13.2 Å². The molecule has 1 aliphatic carbocycles. The fourth-order valence-electron chi connectivity index (χ4n) is 3.81. The van der Waals surface area contributed by atoms with E-state index >= 15 is 0 Å². The number of benzene rings is 1. The van der Waals surface area contributed by atoms with Crippen molar-refractivity contribution in [1.82, 2.24) is 10.3 Å². The number of aromatic nitrogens is 1. The summed E-state index contributed by atoms with van der Waals surface area (Å²) in [4.78, 5) is 30.0. The molecule has 8 heteroatoms. The highest BCUT2D eigenvalue weighted by Gasteiger charge is 2.24. The van der Waals surface area contributed by atoms with Gasteiger partial charge in [0, 0.05) is 35.4 Å². The van der Waals surface area contributed by atoms with Crippen LogP contribution in [-0.2, 0) is 14.3 Å². The van der Waals surface area contributed by atoms with Gasteiger partial charge in [-0.1, -0.05) is 42.0 Å². The maximum atomic E-state index is 12.9. The van der Waals surface area contributed by atoms with E-state index in [0.717, 1.165) is 32.4 Å². The second-order valence-electron chi connectivity index (χ2n) is 8.37. The molecule has 3 rings (SSSR count). The quantitative estimate of drug-likeness (QED) is 0.459. The molecule has 1 heterocycles. The second kappa shape index (κ2) is 11.9. The van der Waals surface area contributed by atoms with Gasteiger partial charge in [0.05, 0.1) is 12.7 Å². The Hall–Kier alpha value is -2.97. The lowest BCUT2D eigenvalue weighted by molar-refractivity contribution is -0.153. The van der Waals surface area contributed by atoms with Gasteiger partial charge < -0.3 is 19.9 Å². The van der Waals surface area contributed by atoms with Crippen LogP contribution in [-0.4, -0.2) is 47.3 Å². The molecule has 1 aliphatic rings. The lowest BCUT2D eigenvalue weighted by Crippen LogP contribution is -2.29. The van der Waals surface area contributed by atoms with E-state index < -0.39 is 12.1 Å². The number of aryl methyl sites for hydroxylation is 1. The number of carboxylic acids is 1. The first-order valence-electron chi connectivity index (χ1n) is 11.5. The molecule has 1 unspecified atom stereocenters. The van der Waals surface area contributed by atoms with E-state index in [1.807, 2.05) is 64.1 Å². The molecular weight excluding hydrogens is 452 g/mol. The van der Waals surface area contributed by atoms with Crippen LogP contribution in [0.25, 0.3) is 10.6 Å². The highest BCUT2D eigenvalue weighted by atomic mass is 32.1. The summed E-state index contributed by atoms with van der Waals surface area (Å²) in [5.41, 5.74) is 3.21. The van der Waals surface area contributed by atoms with Crippen LogP contribution in [0.4, 0.5) is 0 Å². The minimum atomic E-state index is -0.975. The number of thiazole rings is 1. The third-order valence-electron chi connectivity index (χ3n) is 5.36. The van der Waals surface area contributed by atoms with E-state index in [1.165, 1.54) is 11.3 Å². The summed E-state index contributed by atoms with van der Waals surface area (Å²) in [6.07, 6.45) is 2.52. The Bertz CT molecular complexity index is 1070. The standard InChI is InChI=1S/C26H32N2O5S/c1-5-32-21-12-11-18(14-22(26(30)31)33-16(2)3)13-20(21)15-27-24(29)23-17(4)34-25(28-23)19-9-7-6-8-10-19/h6-10,13,16,22H,5,11-12,14-15H2,1-4H3,(H,27,29)(H,30,31). The Labute approximate surface area is 204 Å². The molecule has 0 aliphatic heterocycles. The average Bonchev–Trinajstić information content (AvgIpc) is 3.20. The van der Waals surface area contributed by atoms with Crippen molar-refractivity contribution in [3.8, 4) is 10.6 Å². The number of allylic oxidation sites excluding steroid dienone is 1. The van der Waals surface area contributed by atoms with Crippen LogP contribution < -0.4 is 5.32 Å². The van der Waals surface area contributed by atoms with Gasteiger partial charge >= 0.3 is 5.97 Å². The monoisotopic (exact) mass is 484 g/mol. The number of nitrogens with zero attached hydrogens (tertiary/aromatic N) is 1. The fraction of sp³-hybridized carbons (Fsp3) is 0.423. The van der Waals surface area contributed by atoms with Gasteiger partial charge in [-0.05, 0) is 34.1 Å². The van der Waals surface area contributed by atoms with Crippen molar-refractivity contribution in [1.29, 1.82) is 0 Å². The molecule has 7 nitrogen and oxygen atoms in total. The zero-order valence-electron chi connectivity index (χ0n) is 20.1. The lowest BCUT2D eigenvalue weighted by Gasteiger charge is -2.23. The van der Waals surface area contributed by atoms with Crippen molar-refractivity contribution in [3.63, 3.8) is 0 Å². The number of carbonyl (C=O) groups is 2. The van der Waals surface area contributed by atoms with Crippen molar-refractivity contribution in [2.45, 2.75) is 59.2 Å². The topological polar surface area (TPSA) is 97.8 Å². The first-order valence-corrected chi connectivity index (χ1v) is 12.3. The molecule has 2 aromatic rings. The van der Waals surface area contributed by atoms with E-state index in [4.69, 9.17) is 9.47 Å². The summed E-state index contributed by atoms with van der Waals surface area (Å²) in [6, 6.07) is 9.78. The fourth-order valence-corrected chi connectivity index (χ4v) is 4.73. The summed E-state index contributed by atoms with van der Waals surface area (Å²) < 4.78 is 11.4. The SMILES string of the molecule is CCOC1=C(CNC(=O)c2nc(-c3ccccc3)sc2C)C=C(CC(OC(C)C)C(=O)O)CC1. The van der Waals surface area contributed by atoms with Gasteiger partial charge in [0.2, 0.25) is 0 Å². The third kappa shape index (κ3) is 6.77. The maximum Gasteiger partial charge on any atom is 0.333 e. The Morgan fingerprint density at radius 2 is 1.94 bits per heavy atom. The summed E-state index contributed by atoms with van der Waals surface area (Å²) in [6.45, 7) is 8.26. The number of amides is 1. The summed E-state index contributed by atoms with van der Waals surface area (Å²) in [7, 11) is 0. The molecule has 1 atom stereocenters. The molecule has 0 radical (unpaired) electrons. The molecule has 0 bridgehead atoms. The summed E-state index contributed by atoms with van der Waals surface area (Å²) >= 11 is 1.49. The minimum absolute atomic E-state index is 0.180. The van der Waals surface area contributed by atoms with Crippen LogP contribution in [0.2, 0.25) is 0 Å². The number of hydrogen-bond donors (Lipinski definition) is 2. The second-order valence-corrected chi connectivity index (χ2v) is 9.58. The van der Waals surface area contributed by atoms with E-state index in [9.17, 15) is 14.7 Å². The van der Waals surface area contributed by atoms with Crippen molar-refractivity contribution in [2.24, 2.45) is 0 Å². The normalized spacial score (nSPS) is 14.7. The Morgan fingerprint density at radius 3 is 2.59 bits per heavy atom. The highest BCUT2D eigenvalue weighted by Crippen LogP contribution is 2.29. The molecule has 0 fully saturated rings. The molecule has 182 valence electrons. The molecule has 0 saturated heterocycles. The molecule has 1 aromatic heterocycles. The van der Waals surface area contributed by atoms with Gasteiger partial charge in [-0.3, -0.25) is 4.79 Å². The van der Waals surface area contributed by atoms with Crippen LogP contribution in [0.3, 0.4) is 0 Å². The number of hydrogen-bond acceptors (Lipinski definition) is 6. The third-order valence-corrected chi connectivity index (χ3v) is 6.38. The first-order chi connectivity index (χ1) is 16.3. The highest BCUT2D eigenvalue weighted by molar-refractivity contribution is 7.15. The summed E-state index contributed by atoms with van der Waals surface area (Å²) in [5, 5.41) is 13.3. The largest absolute Gasteiger partial charge is 0.498 e. The number of ether oxygens (including phenoxy) is 2. The van der Waals surface area contributed by atoms with Gasteiger partial charge in [-0.25, -0.2) is 9.78 Å². The smallest absolute Gasteiger partial charge is 0.333 e. The molecule has 2 N–H and O–H groups in total. The number of rotatable bonds is 11. The van der Waals surface area contributed by atoms with Gasteiger partial charge in [0.1, 0.15) is 16.5 Å². The number of carboxylic acid groups (broad SMARTS) is 1. The molecule has 0 saturated carbocycles. The molecule has 0 spiro atoms. The van der Waals surface area contributed by atoms with Crippen LogP contribution >= 0.6 is 11.3 Å². The zero-order valence-corrected chi connectivity index (χ0v) is 20.9. The van der Waals surface area contributed by atoms with E-state index in [-0.39, 0.29) is 18.6 Å². The maximum absolute atomic E-state index is 12.9. The Morgan fingerprint density at radius 1 is 1.21 bits per heavy atom. The van der Waals surface area contributed by atoms with Crippen LogP contribution in [0, 0.1) is 6.92 Å². The molecule has 34 heavy (non-hydrogen) atoms. The van der Waals surface area contributed by atoms with E-state index in [1.54, 1.807) is 0 Å². The van der Waals surface area contributed by atoms with Crippen molar-refractivity contribution >= 4 is 23.2 Å². The van der Waals surface area contributed by atoms with E-state index in [0.29, 0.717) is 31.6 Å². The predicted octanol–water partition coefficient (Wildman–Crippen LogP) is 5.13. The number of carbonyl (C=O) groups excluding carboxylic acids is 1. The van der Waals surface area contributed by atoms with Gasteiger partial charge in [-0.2, -0.15) is 0 Å². The van der Waals surface area contributed by atoms with Gasteiger partial charge in [0.25, 0.3) is 5.91 Å². The van der Waals surface area contributed by atoms with Crippen LogP contribution in [0.15, 0.2) is 53.3 Å². The van der Waals surface area contributed by atoms with Crippen molar-refractivity contribution < 1.29 is 24.2 Å². The average molecular weight is 485 g/mol. The predicted molar refractivity (Wildman–Crippen MR) is 133 cm³/mol. The molecule has 1 amide bonds. The van der Waals surface area contributed by atoms with Crippen molar-refractivity contribution in [3.05, 3.63) is 63.9 Å². The molecule has 1 aromatic carbocycles. The lowest BCUT2D eigenvalue weighted by atomic mass is 9.93. The van der Waals surface area contributed by atoms with Crippen LogP contribution in [0.1, 0.15) is 55.4 Å². The Kier molecular flexibility index (Phi) is 9.01. The van der Waals surface area contributed by atoms with Gasteiger partial charge in [-0.15, -0.1) is 11.3 Å². The number of nitrogens with one attached hydrogen (secondary N) is 1. The van der Waals surface area contributed by atoms with Gasteiger partial charge in [0.15, 0.2) is 6.10 Å². The zero-order chi connectivity index (χ0) is 24.7. The number of aliphatic carboxylic acids is 1. The van der Waals surface area contributed by atoms with E-state index in [2.05, 4.69) is 10.3 Å². The summed E-state index contributed by atoms with van der Waals surface area (Å²) in [5.74, 6) is -0.396. The Balaban J connectivity index is 1.73. The van der Waals surface area contributed by atoms with Crippen LogP contribution in [0.5, 0.6) is 0 Å². The molecular formula is C26H32N2O5S. The first kappa shape index (κ1) is 25.6.